The van der Waals surface area contributed by atoms with Crippen molar-refractivity contribution in [3.63, 3.8) is 0 Å². The van der Waals surface area contributed by atoms with E-state index in [1.54, 1.807) is 38.1 Å². The predicted octanol–water partition coefficient (Wildman–Crippen LogP) is 4.06. The maximum absolute atomic E-state index is 12.3. The molecule has 22 heavy (non-hydrogen) atoms. The van der Waals surface area contributed by atoms with Gasteiger partial charge in [0.2, 0.25) is 5.91 Å². The van der Waals surface area contributed by atoms with Gasteiger partial charge in [-0.3, -0.25) is 9.59 Å². The van der Waals surface area contributed by atoms with Gasteiger partial charge in [0.25, 0.3) is 0 Å². The Morgan fingerprint density at radius 2 is 1.64 bits per heavy atom. The third-order valence-electron chi connectivity index (χ3n) is 4.58. The number of carbonyl (C=O) groups is 2. The minimum Gasteiger partial charge on any atom is -0.481 e. The lowest BCUT2D eigenvalue weighted by Gasteiger charge is -2.22. The van der Waals surface area contributed by atoms with E-state index < -0.39 is 11.4 Å². The molecule has 0 fully saturated rings. The van der Waals surface area contributed by atoms with E-state index in [-0.39, 0.29) is 11.8 Å². The van der Waals surface area contributed by atoms with Crippen molar-refractivity contribution < 1.29 is 14.7 Å². The molecule has 4 nitrogen and oxygen atoms in total. The minimum absolute atomic E-state index is 0.0129. The van der Waals surface area contributed by atoms with Crippen LogP contribution in [0.2, 0.25) is 0 Å². The van der Waals surface area contributed by atoms with E-state index in [4.69, 9.17) is 0 Å². The largest absolute Gasteiger partial charge is 0.481 e. The highest BCUT2D eigenvalue weighted by Gasteiger charge is 2.29. The lowest BCUT2D eigenvalue weighted by atomic mass is 9.85. The first kappa shape index (κ1) is 18.2. The summed E-state index contributed by atoms with van der Waals surface area (Å²) < 4.78 is 0. The van der Waals surface area contributed by atoms with Crippen LogP contribution in [0.25, 0.3) is 0 Å². The Morgan fingerprint density at radius 3 is 2.05 bits per heavy atom. The number of benzene rings is 1. The molecule has 0 radical (unpaired) electrons. The van der Waals surface area contributed by atoms with Gasteiger partial charge in [-0.1, -0.05) is 45.7 Å². The van der Waals surface area contributed by atoms with Crippen LogP contribution in [0.1, 0.15) is 53.0 Å². The van der Waals surface area contributed by atoms with E-state index >= 15 is 0 Å². The van der Waals surface area contributed by atoms with E-state index in [0.29, 0.717) is 17.2 Å². The van der Waals surface area contributed by atoms with Gasteiger partial charge in [-0.25, -0.2) is 0 Å². The van der Waals surface area contributed by atoms with Crippen molar-refractivity contribution >= 4 is 17.6 Å². The number of carboxylic acids is 1. The second kappa shape index (κ2) is 7.43. The number of carboxylic acid groups (broad SMARTS) is 1. The molecule has 1 amide bonds. The summed E-state index contributed by atoms with van der Waals surface area (Å²) >= 11 is 0. The van der Waals surface area contributed by atoms with Crippen LogP contribution in [0.3, 0.4) is 0 Å². The monoisotopic (exact) mass is 305 g/mol. The molecule has 1 rings (SSSR count). The van der Waals surface area contributed by atoms with Crippen LogP contribution in [0.15, 0.2) is 24.3 Å². The third kappa shape index (κ3) is 4.09. The highest BCUT2D eigenvalue weighted by Crippen LogP contribution is 2.26. The zero-order valence-corrected chi connectivity index (χ0v) is 14.1. The number of aliphatic carboxylic acids is 1. The van der Waals surface area contributed by atoms with E-state index in [0.717, 1.165) is 12.8 Å². The SMILES string of the molecule is CCC(CC)C(C)C(=O)Nc1ccc(C(C)(C)C(=O)O)cc1. The summed E-state index contributed by atoms with van der Waals surface area (Å²) in [6.07, 6.45) is 1.97. The van der Waals surface area contributed by atoms with Gasteiger partial charge in [-0.05, 0) is 37.5 Å². The summed E-state index contributed by atoms with van der Waals surface area (Å²) in [5.41, 5.74) is 0.476. The van der Waals surface area contributed by atoms with Crippen molar-refractivity contribution in [2.24, 2.45) is 11.8 Å². The summed E-state index contributed by atoms with van der Waals surface area (Å²) in [4.78, 5) is 23.5. The molecule has 0 aromatic heterocycles. The van der Waals surface area contributed by atoms with Crippen molar-refractivity contribution in [3.05, 3.63) is 29.8 Å². The number of amides is 1. The molecule has 0 bridgehead atoms. The van der Waals surface area contributed by atoms with Gasteiger partial charge in [0.15, 0.2) is 0 Å². The van der Waals surface area contributed by atoms with Crippen LogP contribution in [0.5, 0.6) is 0 Å². The van der Waals surface area contributed by atoms with E-state index in [9.17, 15) is 14.7 Å². The average Bonchev–Trinajstić information content (AvgIpc) is 2.48. The maximum atomic E-state index is 12.3. The quantitative estimate of drug-likeness (QED) is 0.798. The van der Waals surface area contributed by atoms with Gasteiger partial charge in [-0.2, -0.15) is 0 Å². The van der Waals surface area contributed by atoms with Gasteiger partial charge in [-0.15, -0.1) is 0 Å². The molecule has 0 aliphatic carbocycles. The average molecular weight is 305 g/mol. The van der Waals surface area contributed by atoms with E-state index in [2.05, 4.69) is 19.2 Å². The standard InChI is InChI=1S/C18H27NO3/c1-6-13(7-2)12(3)16(20)19-15-10-8-14(9-11-15)18(4,5)17(21)22/h8-13H,6-7H2,1-5H3,(H,19,20)(H,21,22). The smallest absolute Gasteiger partial charge is 0.313 e. The van der Waals surface area contributed by atoms with Crippen molar-refractivity contribution in [1.29, 1.82) is 0 Å². The fourth-order valence-electron chi connectivity index (χ4n) is 2.56. The number of carbonyl (C=O) groups excluding carboxylic acids is 1. The number of nitrogens with one attached hydrogen (secondary N) is 1. The summed E-state index contributed by atoms with van der Waals surface area (Å²) in [5, 5.41) is 12.1. The highest BCUT2D eigenvalue weighted by molar-refractivity contribution is 5.92. The van der Waals surface area contributed by atoms with Gasteiger partial charge >= 0.3 is 5.97 Å². The van der Waals surface area contributed by atoms with Crippen LogP contribution in [-0.2, 0) is 15.0 Å². The van der Waals surface area contributed by atoms with Gasteiger partial charge in [0.05, 0.1) is 5.41 Å². The Morgan fingerprint density at radius 1 is 1.14 bits per heavy atom. The number of rotatable bonds is 7. The molecule has 1 aromatic carbocycles. The first-order chi connectivity index (χ1) is 10.2. The Kier molecular flexibility index (Phi) is 6.15. The number of anilines is 1. The zero-order valence-electron chi connectivity index (χ0n) is 14.1. The van der Waals surface area contributed by atoms with Crippen LogP contribution >= 0.6 is 0 Å². The van der Waals surface area contributed by atoms with Crippen LogP contribution < -0.4 is 5.32 Å². The van der Waals surface area contributed by atoms with Gasteiger partial charge in [0, 0.05) is 11.6 Å². The summed E-state index contributed by atoms with van der Waals surface area (Å²) in [6.45, 7) is 9.48. The molecular weight excluding hydrogens is 278 g/mol. The fourth-order valence-corrected chi connectivity index (χ4v) is 2.56. The Hall–Kier alpha value is -1.84. The molecule has 0 heterocycles. The molecule has 0 spiro atoms. The topological polar surface area (TPSA) is 66.4 Å². The van der Waals surface area contributed by atoms with E-state index in [1.807, 2.05) is 6.92 Å². The van der Waals surface area contributed by atoms with Crippen molar-refractivity contribution in [3.8, 4) is 0 Å². The molecule has 4 heteroatoms. The molecule has 122 valence electrons. The molecule has 2 N–H and O–H groups in total. The molecule has 0 aliphatic rings. The van der Waals surface area contributed by atoms with Gasteiger partial charge < -0.3 is 10.4 Å². The summed E-state index contributed by atoms with van der Waals surface area (Å²) in [6, 6.07) is 7.03. The van der Waals surface area contributed by atoms with Crippen LogP contribution in [0, 0.1) is 11.8 Å². The molecule has 0 saturated carbocycles. The molecule has 0 aliphatic heterocycles. The first-order valence-corrected chi connectivity index (χ1v) is 7.88. The Bertz CT molecular complexity index is 516. The normalized spacial score (nSPS) is 13.0. The van der Waals surface area contributed by atoms with Crippen molar-refractivity contribution in [2.75, 3.05) is 5.32 Å². The lowest BCUT2D eigenvalue weighted by Crippen LogP contribution is -2.28. The number of hydrogen-bond donors (Lipinski definition) is 2. The molecule has 0 saturated heterocycles. The van der Waals surface area contributed by atoms with Crippen molar-refractivity contribution in [2.45, 2.75) is 52.9 Å². The van der Waals surface area contributed by atoms with Crippen LogP contribution in [0.4, 0.5) is 5.69 Å². The second-order valence-electron chi connectivity index (χ2n) is 6.36. The fraction of sp³-hybridized carbons (Fsp3) is 0.556. The molecular formula is C18H27NO3. The highest BCUT2D eigenvalue weighted by atomic mass is 16.4. The molecule has 1 aromatic rings. The Balaban J connectivity index is 2.80. The lowest BCUT2D eigenvalue weighted by molar-refractivity contribution is -0.142. The molecule has 1 atom stereocenters. The third-order valence-corrected chi connectivity index (χ3v) is 4.58. The summed E-state index contributed by atoms with van der Waals surface area (Å²) in [5.74, 6) is -0.513. The minimum atomic E-state index is -0.939. The van der Waals surface area contributed by atoms with E-state index in [1.165, 1.54) is 0 Å². The first-order valence-electron chi connectivity index (χ1n) is 7.88. The van der Waals surface area contributed by atoms with Crippen LogP contribution in [-0.4, -0.2) is 17.0 Å². The zero-order chi connectivity index (χ0) is 16.9. The maximum Gasteiger partial charge on any atom is 0.313 e. The van der Waals surface area contributed by atoms with Crippen molar-refractivity contribution in [1.82, 2.24) is 0 Å². The number of hydrogen-bond acceptors (Lipinski definition) is 2. The van der Waals surface area contributed by atoms with Gasteiger partial charge in [0.1, 0.15) is 0 Å². The summed E-state index contributed by atoms with van der Waals surface area (Å²) in [7, 11) is 0. The predicted molar refractivity (Wildman–Crippen MR) is 89.0 cm³/mol. The second-order valence-corrected chi connectivity index (χ2v) is 6.36. The molecule has 1 unspecified atom stereocenters. The Labute approximate surface area is 132 Å².